The third-order valence-electron chi connectivity index (χ3n) is 4.65. The highest BCUT2D eigenvalue weighted by Gasteiger charge is 2.41. The second-order valence-electron chi connectivity index (χ2n) is 6.11. The molecular weight excluding hydrogens is 268 g/mol. The molecule has 0 aliphatic carbocycles. The molecule has 6 nitrogen and oxygen atoms in total. The first kappa shape index (κ1) is 12.8. The minimum Gasteiger partial charge on any atom is -0.381 e. The van der Waals surface area contributed by atoms with E-state index in [0.717, 1.165) is 43.8 Å². The predicted octanol–water partition coefficient (Wildman–Crippen LogP) is 1.26. The van der Waals surface area contributed by atoms with Crippen molar-refractivity contribution in [1.82, 2.24) is 19.5 Å². The molecule has 6 heteroatoms. The third-order valence-corrected chi connectivity index (χ3v) is 4.65. The highest BCUT2D eigenvalue weighted by Crippen LogP contribution is 2.38. The lowest BCUT2D eigenvalue weighted by Gasteiger charge is -2.39. The minimum atomic E-state index is 0.171. The molecule has 0 aromatic carbocycles. The van der Waals surface area contributed by atoms with Gasteiger partial charge in [-0.15, -0.1) is 0 Å². The molecule has 0 bridgehead atoms. The summed E-state index contributed by atoms with van der Waals surface area (Å²) in [6.45, 7) is 2.97. The van der Waals surface area contributed by atoms with Crippen LogP contribution in [0.4, 0.5) is 0 Å². The summed E-state index contributed by atoms with van der Waals surface area (Å²) in [4.78, 5) is 18.5. The third kappa shape index (κ3) is 2.19. The van der Waals surface area contributed by atoms with Gasteiger partial charge in [-0.2, -0.15) is 5.10 Å². The van der Waals surface area contributed by atoms with Gasteiger partial charge in [0.2, 0.25) is 5.91 Å². The fraction of sp³-hybridized carbons (Fsp3) is 0.533. The summed E-state index contributed by atoms with van der Waals surface area (Å²) >= 11 is 0. The number of nitrogens with zero attached hydrogens (tertiary/aromatic N) is 4. The number of carbonyl (C=O) groups is 1. The van der Waals surface area contributed by atoms with Crippen LogP contribution in [0.5, 0.6) is 0 Å². The Morgan fingerprint density at radius 1 is 1.38 bits per heavy atom. The monoisotopic (exact) mass is 286 g/mol. The van der Waals surface area contributed by atoms with Crippen molar-refractivity contribution < 1.29 is 9.53 Å². The van der Waals surface area contributed by atoms with E-state index in [1.54, 1.807) is 10.7 Å². The van der Waals surface area contributed by atoms with E-state index in [0.29, 0.717) is 13.0 Å². The Hall–Kier alpha value is -1.95. The molecular formula is C15H18N4O2. The molecule has 21 heavy (non-hydrogen) atoms. The zero-order valence-corrected chi connectivity index (χ0v) is 11.9. The van der Waals surface area contributed by atoms with Gasteiger partial charge in [0.1, 0.15) is 0 Å². The van der Waals surface area contributed by atoms with Gasteiger partial charge in [0.05, 0.1) is 19.3 Å². The van der Waals surface area contributed by atoms with E-state index in [1.165, 1.54) is 0 Å². The van der Waals surface area contributed by atoms with Gasteiger partial charge >= 0.3 is 0 Å². The molecule has 0 N–H and O–H groups in total. The quantitative estimate of drug-likeness (QED) is 0.834. The molecule has 2 aliphatic heterocycles. The molecule has 0 radical (unpaired) electrons. The largest absolute Gasteiger partial charge is 0.381 e. The van der Waals surface area contributed by atoms with Crippen LogP contribution in [-0.4, -0.2) is 45.2 Å². The Morgan fingerprint density at radius 2 is 2.33 bits per heavy atom. The molecule has 1 atom stereocenters. The zero-order chi connectivity index (χ0) is 14.3. The first-order chi connectivity index (χ1) is 10.3. The van der Waals surface area contributed by atoms with Crippen molar-refractivity contribution in [2.75, 3.05) is 19.8 Å². The fourth-order valence-corrected chi connectivity index (χ4v) is 3.41. The smallest absolute Gasteiger partial charge is 0.222 e. The number of amides is 1. The van der Waals surface area contributed by atoms with E-state index >= 15 is 0 Å². The van der Waals surface area contributed by atoms with Crippen molar-refractivity contribution in [2.45, 2.75) is 25.8 Å². The lowest BCUT2D eigenvalue weighted by molar-refractivity contribution is -0.138. The summed E-state index contributed by atoms with van der Waals surface area (Å²) in [6, 6.07) is 1.85. The van der Waals surface area contributed by atoms with Crippen molar-refractivity contribution in [3.63, 3.8) is 0 Å². The van der Waals surface area contributed by atoms with Gasteiger partial charge in [0.15, 0.2) is 5.65 Å². The van der Waals surface area contributed by atoms with Crippen LogP contribution in [-0.2, 0) is 16.1 Å². The minimum absolute atomic E-state index is 0.171. The summed E-state index contributed by atoms with van der Waals surface area (Å²) in [6.07, 6.45) is 8.07. The van der Waals surface area contributed by atoms with Gasteiger partial charge in [0.25, 0.3) is 0 Å². The summed E-state index contributed by atoms with van der Waals surface area (Å²) < 4.78 is 7.31. The molecule has 110 valence electrons. The number of hydrogen-bond acceptors (Lipinski definition) is 4. The van der Waals surface area contributed by atoms with Gasteiger partial charge < -0.3 is 9.64 Å². The normalized spacial score (nSPS) is 26.1. The Balaban J connectivity index is 1.59. The maximum Gasteiger partial charge on any atom is 0.222 e. The Morgan fingerprint density at radius 3 is 3.19 bits per heavy atom. The average Bonchev–Trinajstić information content (AvgIpc) is 3.12. The highest BCUT2D eigenvalue weighted by atomic mass is 16.5. The standard InChI is InChI=1S/C15H18N4O2/c20-13-2-3-15(4-7-21-11-15)10-18(13)9-12-8-17-19-6-1-5-16-14(12)19/h1,5-6,8H,2-4,7,9-11H2. The number of hydrogen-bond donors (Lipinski definition) is 0. The number of piperidine rings is 1. The maximum atomic E-state index is 12.2. The van der Waals surface area contributed by atoms with Gasteiger partial charge in [-0.3, -0.25) is 4.79 Å². The number of likely N-dealkylation sites (tertiary alicyclic amines) is 1. The van der Waals surface area contributed by atoms with Crippen LogP contribution in [0.25, 0.3) is 5.65 Å². The van der Waals surface area contributed by atoms with Crippen molar-refractivity contribution in [2.24, 2.45) is 5.41 Å². The van der Waals surface area contributed by atoms with Crippen LogP contribution in [0, 0.1) is 5.41 Å². The van der Waals surface area contributed by atoms with Crippen LogP contribution in [0.15, 0.2) is 24.7 Å². The molecule has 0 saturated carbocycles. The van der Waals surface area contributed by atoms with Gasteiger partial charge in [-0.05, 0) is 18.9 Å². The molecule has 1 unspecified atom stereocenters. The van der Waals surface area contributed by atoms with E-state index in [1.807, 2.05) is 23.4 Å². The number of fused-ring (bicyclic) bond motifs is 1. The number of carbonyl (C=O) groups excluding carboxylic acids is 1. The van der Waals surface area contributed by atoms with E-state index < -0.39 is 0 Å². The lowest BCUT2D eigenvalue weighted by atomic mass is 9.79. The van der Waals surface area contributed by atoms with E-state index in [-0.39, 0.29) is 11.3 Å². The zero-order valence-electron chi connectivity index (χ0n) is 11.9. The Bertz CT molecular complexity index is 675. The SMILES string of the molecule is O=C1CCC2(CCOC2)CN1Cc1cnn2cccnc12. The van der Waals surface area contributed by atoms with Crippen molar-refractivity contribution >= 4 is 11.6 Å². The first-order valence-electron chi connectivity index (χ1n) is 7.39. The Kier molecular flexibility index (Phi) is 2.92. The average molecular weight is 286 g/mol. The van der Waals surface area contributed by atoms with E-state index in [4.69, 9.17) is 4.74 Å². The van der Waals surface area contributed by atoms with Crippen LogP contribution in [0.3, 0.4) is 0 Å². The van der Waals surface area contributed by atoms with Crippen LogP contribution in [0.1, 0.15) is 24.8 Å². The molecule has 2 aromatic rings. The second kappa shape index (κ2) is 4.80. The maximum absolute atomic E-state index is 12.2. The van der Waals surface area contributed by atoms with Crippen LogP contribution >= 0.6 is 0 Å². The number of aromatic nitrogens is 3. The molecule has 4 heterocycles. The van der Waals surface area contributed by atoms with Gasteiger partial charge in [-0.25, -0.2) is 9.50 Å². The first-order valence-corrected chi connectivity index (χ1v) is 7.39. The lowest BCUT2D eigenvalue weighted by Crippen LogP contribution is -2.46. The molecule has 1 amide bonds. The summed E-state index contributed by atoms with van der Waals surface area (Å²) in [5.41, 5.74) is 2.00. The van der Waals surface area contributed by atoms with Gasteiger partial charge in [0, 0.05) is 42.9 Å². The molecule has 1 spiro atoms. The molecule has 2 aromatic heterocycles. The molecule has 4 rings (SSSR count). The van der Waals surface area contributed by atoms with E-state index in [9.17, 15) is 4.79 Å². The topological polar surface area (TPSA) is 59.7 Å². The molecule has 2 aliphatic rings. The van der Waals surface area contributed by atoms with Crippen LogP contribution < -0.4 is 0 Å². The summed E-state index contributed by atoms with van der Waals surface area (Å²) in [7, 11) is 0. The molecule has 2 fully saturated rings. The van der Waals surface area contributed by atoms with Crippen molar-refractivity contribution in [3.05, 3.63) is 30.2 Å². The predicted molar refractivity (Wildman–Crippen MR) is 75.5 cm³/mol. The summed E-state index contributed by atoms with van der Waals surface area (Å²) in [5.74, 6) is 0.225. The van der Waals surface area contributed by atoms with Crippen molar-refractivity contribution in [1.29, 1.82) is 0 Å². The summed E-state index contributed by atoms with van der Waals surface area (Å²) in [5, 5.41) is 4.29. The second-order valence-corrected chi connectivity index (χ2v) is 6.11. The molecule has 2 saturated heterocycles. The fourth-order valence-electron chi connectivity index (χ4n) is 3.41. The van der Waals surface area contributed by atoms with Gasteiger partial charge in [-0.1, -0.05) is 0 Å². The number of ether oxygens (including phenoxy) is 1. The highest BCUT2D eigenvalue weighted by molar-refractivity contribution is 5.77. The van der Waals surface area contributed by atoms with Crippen LogP contribution in [0.2, 0.25) is 0 Å². The van der Waals surface area contributed by atoms with E-state index in [2.05, 4.69) is 10.1 Å². The number of rotatable bonds is 2. The van der Waals surface area contributed by atoms with Crippen molar-refractivity contribution in [3.8, 4) is 0 Å². The Labute approximate surface area is 122 Å².